The first-order chi connectivity index (χ1) is 15.3. The maximum Gasteiger partial charge on any atom is 0.231 e. The van der Waals surface area contributed by atoms with E-state index in [0.29, 0.717) is 25.9 Å². The van der Waals surface area contributed by atoms with Crippen molar-refractivity contribution in [3.8, 4) is 22.8 Å². The van der Waals surface area contributed by atoms with Gasteiger partial charge in [-0.1, -0.05) is 54.6 Å². The van der Waals surface area contributed by atoms with Crippen LogP contribution in [-0.2, 0) is 17.9 Å². The smallest absolute Gasteiger partial charge is 0.231 e. The molecule has 0 spiro atoms. The number of para-hydroxylation sites is 1. The lowest BCUT2D eigenvalue weighted by molar-refractivity contribution is -0.121. The number of amides is 1. The number of hydrogen-bond acceptors (Lipinski definition) is 4. The molecule has 0 fully saturated rings. The molecule has 0 unspecified atom stereocenters. The zero-order valence-corrected chi connectivity index (χ0v) is 17.1. The summed E-state index contributed by atoms with van der Waals surface area (Å²) in [6.45, 7) is 1.41. The van der Waals surface area contributed by atoms with Crippen molar-refractivity contribution >= 4 is 16.8 Å². The molecule has 0 atom stereocenters. The number of nitrogens with one attached hydrogen (secondary N) is 1. The molecule has 31 heavy (non-hydrogen) atoms. The van der Waals surface area contributed by atoms with E-state index < -0.39 is 0 Å². The topological polar surface area (TPSA) is 65.4 Å². The molecule has 1 aliphatic rings. The minimum atomic E-state index is 0.0254. The number of rotatable bonds is 7. The Hall–Kier alpha value is -3.80. The Morgan fingerprint density at radius 3 is 2.68 bits per heavy atom. The van der Waals surface area contributed by atoms with Crippen molar-refractivity contribution in [2.75, 3.05) is 6.79 Å². The minimum absolute atomic E-state index is 0.0254. The van der Waals surface area contributed by atoms with Gasteiger partial charge >= 0.3 is 0 Å². The second-order valence-corrected chi connectivity index (χ2v) is 7.52. The van der Waals surface area contributed by atoms with Crippen LogP contribution in [0.1, 0.15) is 18.4 Å². The highest BCUT2D eigenvalue weighted by Crippen LogP contribution is 2.32. The highest BCUT2D eigenvalue weighted by atomic mass is 16.7. The van der Waals surface area contributed by atoms with Gasteiger partial charge in [-0.05, 0) is 30.2 Å². The summed E-state index contributed by atoms with van der Waals surface area (Å²) in [5.74, 6) is 1.50. The number of ether oxygens (including phenoxy) is 2. The van der Waals surface area contributed by atoms with Gasteiger partial charge in [0.25, 0.3) is 0 Å². The molecule has 1 N–H and O–H groups in total. The van der Waals surface area contributed by atoms with Gasteiger partial charge in [-0.3, -0.25) is 9.48 Å². The fourth-order valence-corrected chi connectivity index (χ4v) is 3.84. The van der Waals surface area contributed by atoms with Crippen molar-refractivity contribution in [3.63, 3.8) is 0 Å². The summed E-state index contributed by atoms with van der Waals surface area (Å²) < 4.78 is 12.7. The first-order valence-electron chi connectivity index (χ1n) is 10.4. The third-order valence-electron chi connectivity index (χ3n) is 5.41. The number of hydrogen-bond donors (Lipinski definition) is 1. The standard InChI is InChI=1S/C25H23N3O3/c29-24(26-16-18-12-13-22-23(15-18)31-17-30-22)11-6-14-28-21-10-5-4-9-20(21)25(27-28)19-7-2-1-3-8-19/h1-5,7-10,12-13,15H,6,11,14,16-17H2,(H,26,29). The van der Waals surface area contributed by atoms with Crippen LogP contribution in [0.15, 0.2) is 72.8 Å². The van der Waals surface area contributed by atoms with E-state index in [1.807, 2.05) is 53.2 Å². The molecule has 0 radical (unpaired) electrons. The Morgan fingerprint density at radius 1 is 0.968 bits per heavy atom. The molecule has 0 bridgehead atoms. The summed E-state index contributed by atoms with van der Waals surface area (Å²) in [6, 6.07) is 24.1. The molecule has 6 nitrogen and oxygen atoms in total. The van der Waals surface area contributed by atoms with E-state index in [1.54, 1.807) is 0 Å². The number of carbonyl (C=O) groups is 1. The Kier molecular flexibility index (Phi) is 5.27. The van der Waals surface area contributed by atoms with Gasteiger partial charge in [0.15, 0.2) is 11.5 Å². The van der Waals surface area contributed by atoms with Crippen LogP contribution in [0.5, 0.6) is 11.5 Å². The molecule has 0 aliphatic carbocycles. The Bertz CT molecular complexity index is 1220. The van der Waals surface area contributed by atoms with Gasteiger partial charge < -0.3 is 14.8 Å². The van der Waals surface area contributed by atoms with Crippen LogP contribution in [0, 0.1) is 0 Å². The van der Waals surface area contributed by atoms with Crippen molar-refractivity contribution in [2.45, 2.75) is 25.9 Å². The molecule has 3 aromatic carbocycles. The quantitative estimate of drug-likeness (QED) is 0.484. The predicted octanol–water partition coefficient (Wildman–Crippen LogP) is 4.53. The number of nitrogens with zero attached hydrogens (tertiary/aromatic N) is 2. The van der Waals surface area contributed by atoms with Crippen molar-refractivity contribution < 1.29 is 14.3 Å². The van der Waals surface area contributed by atoms with E-state index in [1.165, 1.54) is 0 Å². The van der Waals surface area contributed by atoms with E-state index in [2.05, 4.69) is 29.6 Å². The summed E-state index contributed by atoms with van der Waals surface area (Å²) in [4.78, 5) is 12.3. The summed E-state index contributed by atoms with van der Waals surface area (Å²) in [7, 11) is 0. The van der Waals surface area contributed by atoms with Gasteiger partial charge in [0.2, 0.25) is 12.7 Å². The maximum atomic E-state index is 12.3. The molecule has 1 aliphatic heterocycles. The normalized spacial score (nSPS) is 12.3. The predicted molar refractivity (Wildman–Crippen MR) is 119 cm³/mol. The first kappa shape index (κ1) is 19.2. The molecule has 0 saturated heterocycles. The molecule has 156 valence electrons. The van der Waals surface area contributed by atoms with Crippen molar-refractivity contribution in [3.05, 3.63) is 78.4 Å². The SMILES string of the molecule is O=C(CCCn1nc(-c2ccccc2)c2ccccc21)NCc1ccc2c(c1)OCO2. The largest absolute Gasteiger partial charge is 0.454 e. The Balaban J connectivity index is 1.20. The van der Waals surface area contributed by atoms with Gasteiger partial charge in [0, 0.05) is 30.5 Å². The second kappa shape index (κ2) is 8.52. The lowest BCUT2D eigenvalue weighted by Gasteiger charge is -2.07. The zero-order valence-electron chi connectivity index (χ0n) is 17.1. The summed E-state index contributed by atoms with van der Waals surface area (Å²) in [6.07, 6.45) is 1.16. The number of benzene rings is 3. The van der Waals surface area contributed by atoms with Gasteiger partial charge in [0.05, 0.1) is 5.52 Å². The average Bonchev–Trinajstić information content (AvgIpc) is 3.43. The second-order valence-electron chi connectivity index (χ2n) is 7.52. The van der Waals surface area contributed by atoms with E-state index >= 15 is 0 Å². The molecule has 0 saturated carbocycles. The van der Waals surface area contributed by atoms with Crippen LogP contribution in [0.3, 0.4) is 0 Å². The number of fused-ring (bicyclic) bond motifs is 2. The number of aromatic nitrogens is 2. The van der Waals surface area contributed by atoms with E-state index in [9.17, 15) is 4.79 Å². The fourth-order valence-electron chi connectivity index (χ4n) is 3.84. The van der Waals surface area contributed by atoms with Crippen molar-refractivity contribution in [1.29, 1.82) is 0 Å². The van der Waals surface area contributed by atoms with Crippen LogP contribution in [0.4, 0.5) is 0 Å². The van der Waals surface area contributed by atoms with E-state index in [4.69, 9.17) is 14.6 Å². The number of aryl methyl sites for hydroxylation is 1. The summed E-state index contributed by atoms with van der Waals surface area (Å²) in [5.41, 5.74) is 4.15. The summed E-state index contributed by atoms with van der Waals surface area (Å²) in [5, 5.41) is 8.95. The Morgan fingerprint density at radius 2 is 1.77 bits per heavy atom. The molecule has 1 amide bonds. The maximum absolute atomic E-state index is 12.3. The van der Waals surface area contributed by atoms with E-state index in [-0.39, 0.29) is 12.7 Å². The highest BCUT2D eigenvalue weighted by Gasteiger charge is 2.14. The lowest BCUT2D eigenvalue weighted by Crippen LogP contribution is -2.22. The van der Waals surface area contributed by atoms with Crippen molar-refractivity contribution in [2.24, 2.45) is 0 Å². The molecule has 2 heterocycles. The highest BCUT2D eigenvalue weighted by molar-refractivity contribution is 5.93. The van der Waals surface area contributed by atoms with Crippen LogP contribution >= 0.6 is 0 Å². The van der Waals surface area contributed by atoms with Crippen molar-refractivity contribution in [1.82, 2.24) is 15.1 Å². The molecular formula is C25H23N3O3. The minimum Gasteiger partial charge on any atom is -0.454 e. The molecule has 5 rings (SSSR count). The summed E-state index contributed by atoms with van der Waals surface area (Å²) >= 11 is 0. The Labute approximate surface area is 180 Å². The fraction of sp³-hybridized carbons (Fsp3) is 0.200. The van der Waals surface area contributed by atoms with Crippen LogP contribution in [0.25, 0.3) is 22.2 Å². The zero-order chi connectivity index (χ0) is 21.0. The average molecular weight is 413 g/mol. The molecule has 6 heteroatoms. The third kappa shape index (κ3) is 4.10. The van der Waals surface area contributed by atoms with E-state index in [0.717, 1.165) is 39.2 Å². The first-order valence-corrected chi connectivity index (χ1v) is 10.4. The third-order valence-corrected chi connectivity index (χ3v) is 5.41. The van der Waals surface area contributed by atoms with Gasteiger partial charge in [0.1, 0.15) is 5.69 Å². The van der Waals surface area contributed by atoms with Crippen LogP contribution < -0.4 is 14.8 Å². The number of carbonyl (C=O) groups excluding carboxylic acids is 1. The monoisotopic (exact) mass is 413 g/mol. The van der Waals surface area contributed by atoms with Gasteiger partial charge in [-0.2, -0.15) is 5.10 Å². The molecule has 1 aromatic heterocycles. The van der Waals surface area contributed by atoms with Gasteiger partial charge in [-0.25, -0.2) is 0 Å². The van der Waals surface area contributed by atoms with Crippen LogP contribution in [-0.4, -0.2) is 22.5 Å². The molecular weight excluding hydrogens is 390 g/mol. The molecule has 4 aromatic rings. The van der Waals surface area contributed by atoms with Crippen LogP contribution in [0.2, 0.25) is 0 Å². The van der Waals surface area contributed by atoms with Gasteiger partial charge in [-0.15, -0.1) is 0 Å². The lowest BCUT2D eigenvalue weighted by atomic mass is 10.1.